The molecule has 2 aromatic rings. The number of nitrogens with zero attached hydrogens (tertiary/aromatic N) is 1. The predicted molar refractivity (Wildman–Crippen MR) is 95.6 cm³/mol. The molecule has 0 fully saturated rings. The van der Waals surface area contributed by atoms with Crippen LogP contribution in [-0.2, 0) is 9.59 Å². The molecule has 0 atom stereocenters. The van der Waals surface area contributed by atoms with Crippen molar-refractivity contribution in [3.63, 3.8) is 0 Å². The number of carbonyl (C=O) groups excluding carboxylic acids is 2. The maximum Gasteiger partial charge on any atom is 0.244 e. The van der Waals surface area contributed by atoms with Crippen LogP contribution in [0.2, 0.25) is 0 Å². The number of hydrogen-bond donors (Lipinski definition) is 1. The van der Waals surface area contributed by atoms with Gasteiger partial charge in [-0.05, 0) is 43.2 Å². The molecule has 0 aliphatic rings. The smallest absolute Gasteiger partial charge is 0.244 e. The number of amides is 2. The zero-order valence-corrected chi connectivity index (χ0v) is 14.4. The van der Waals surface area contributed by atoms with Crippen LogP contribution in [0.5, 0.6) is 5.75 Å². The number of aryl methyl sites for hydroxylation is 1. The first-order valence-corrected chi connectivity index (χ1v) is 7.70. The van der Waals surface area contributed by atoms with Gasteiger partial charge in [0.1, 0.15) is 12.3 Å². The van der Waals surface area contributed by atoms with Gasteiger partial charge in [0.15, 0.2) is 0 Å². The van der Waals surface area contributed by atoms with Crippen molar-refractivity contribution in [2.24, 2.45) is 0 Å². The lowest BCUT2D eigenvalue weighted by Crippen LogP contribution is -2.37. The first-order chi connectivity index (χ1) is 11.4. The summed E-state index contributed by atoms with van der Waals surface area (Å²) in [6.45, 7) is 5.34. The number of rotatable bonds is 5. The fourth-order valence-corrected chi connectivity index (χ4v) is 2.44. The quantitative estimate of drug-likeness (QED) is 0.917. The van der Waals surface area contributed by atoms with E-state index in [4.69, 9.17) is 4.74 Å². The maximum atomic E-state index is 12.4. The lowest BCUT2D eigenvalue weighted by Gasteiger charge is -2.23. The Balaban J connectivity index is 2.17. The molecular weight excluding hydrogens is 304 g/mol. The van der Waals surface area contributed by atoms with Crippen LogP contribution in [0.15, 0.2) is 42.5 Å². The van der Waals surface area contributed by atoms with Gasteiger partial charge in [0.05, 0.1) is 7.11 Å². The number of nitrogens with one attached hydrogen (secondary N) is 1. The Morgan fingerprint density at radius 2 is 1.83 bits per heavy atom. The fraction of sp³-hybridized carbons (Fsp3) is 0.263. The molecule has 0 heterocycles. The summed E-state index contributed by atoms with van der Waals surface area (Å²) in [4.78, 5) is 25.9. The minimum absolute atomic E-state index is 0.0448. The molecule has 0 aliphatic heterocycles. The van der Waals surface area contributed by atoms with E-state index < -0.39 is 0 Å². The third kappa shape index (κ3) is 4.13. The van der Waals surface area contributed by atoms with E-state index in [1.807, 2.05) is 32.0 Å². The summed E-state index contributed by atoms with van der Waals surface area (Å²) < 4.78 is 5.14. The molecular formula is C19H22N2O3. The number of anilines is 2. The van der Waals surface area contributed by atoms with Crippen LogP contribution in [0, 0.1) is 13.8 Å². The number of ether oxygens (including phenoxy) is 1. The van der Waals surface area contributed by atoms with Gasteiger partial charge in [-0.15, -0.1) is 0 Å². The van der Waals surface area contributed by atoms with Gasteiger partial charge in [-0.25, -0.2) is 0 Å². The minimum Gasteiger partial charge on any atom is -0.497 e. The van der Waals surface area contributed by atoms with E-state index in [1.165, 1.54) is 11.8 Å². The zero-order valence-electron chi connectivity index (χ0n) is 14.4. The summed E-state index contributed by atoms with van der Waals surface area (Å²) in [5, 5.41) is 2.79. The van der Waals surface area contributed by atoms with Crippen LogP contribution < -0.4 is 15.0 Å². The van der Waals surface area contributed by atoms with Crippen molar-refractivity contribution in [3.05, 3.63) is 53.6 Å². The van der Waals surface area contributed by atoms with Gasteiger partial charge in [-0.2, -0.15) is 0 Å². The third-order valence-corrected chi connectivity index (χ3v) is 3.90. The van der Waals surface area contributed by atoms with Crippen molar-refractivity contribution >= 4 is 23.2 Å². The topological polar surface area (TPSA) is 58.6 Å². The second-order valence-electron chi connectivity index (χ2n) is 5.60. The second kappa shape index (κ2) is 7.64. The van der Waals surface area contributed by atoms with E-state index in [1.54, 1.807) is 31.4 Å². The highest BCUT2D eigenvalue weighted by atomic mass is 16.5. The maximum absolute atomic E-state index is 12.4. The Bertz CT molecular complexity index is 756. The van der Waals surface area contributed by atoms with Crippen molar-refractivity contribution in [3.8, 4) is 5.75 Å². The van der Waals surface area contributed by atoms with Gasteiger partial charge in [0, 0.05) is 24.4 Å². The first kappa shape index (κ1) is 17.5. The molecule has 0 aromatic heterocycles. The van der Waals surface area contributed by atoms with E-state index in [2.05, 4.69) is 5.32 Å². The normalized spacial score (nSPS) is 10.2. The third-order valence-electron chi connectivity index (χ3n) is 3.90. The SMILES string of the molecule is COc1cccc(NC(=O)CN(C(C)=O)c2cccc(C)c2C)c1. The van der Waals surface area contributed by atoms with Crippen LogP contribution in [0.3, 0.4) is 0 Å². The zero-order chi connectivity index (χ0) is 17.7. The summed E-state index contributed by atoms with van der Waals surface area (Å²) in [6.07, 6.45) is 0. The Morgan fingerprint density at radius 3 is 2.50 bits per heavy atom. The number of hydrogen-bond acceptors (Lipinski definition) is 3. The molecule has 0 unspecified atom stereocenters. The summed E-state index contributed by atoms with van der Waals surface area (Å²) in [7, 11) is 1.57. The van der Waals surface area contributed by atoms with Gasteiger partial charge >= 0.3 is 0 Å². The highest BCUT2D eigenvalue weighted by molar-refractivity contribution is 6.02. The van der Waals surface area contributed by atoms with Crippen LogP contribution in [0.25, 0.3) is 0 Å². The van der Waals surface area contributed by atoms with Crippen molar-refractivity contribution in [1.82, 2.24) is 0 Å². The van der Waals surface area contributed by atoms with Gasteiger partial charge < -0.3 is 15.0 Å². The van der Waals surface area contributed by atoms with Crippen molar-refractivity contribution in [1.29, 1.82) is 0 Å². The molecule has 5 nitrogen and oxygen atoms in total. The minimum atomic E-state index is -0.264. The highest BCUT2D eigenvalue weighted by Gasteiger charge is 2.18. The molecule has 0 saturated carbocycles. The Kier molecular flexibility index (Phi) is 5.58. The monoisotopic (exact) mass is 326 g/mol. The second-order valence-corrected chi connectivity index (χ2v) is 5.60. The predicted octanol–water partition coefficient (Wildman–Crippen LogP) is 3.30. The van der Waals surface area contributed by atoms with Crippen LogP contribution in [0.4, 0.5) is 11.4 Å². The standard InChI is InChI=1S/C19H22N2O3/c1-13-7-5-10-18(14(13)2)21(15(3)22)12-19(23)20-16-8-6-9-17(11-16)24-4/h5-11H,12H2,1-4H3,(H,20,23). The van der Waals surface area contributed by atoms with E-state index in [-0.39, 0.29) is 18.4 Å². The molecule has 0 spiro atoms. The molecule has 2 amide bonds. The van der Waals surface area contributed by atoms with Gasteiger partial charge in [0.2, 0.25) is 11.8 Å². The van der Waals surface area contributed by atoms with E-state index in [0.29, 0.717) is 11.4 Å². The number of methoxy groups -OCH3 is 1. The van der Waals surface area contributed by atoms with Crippen LogP contribution >= 0.6 is 0 Å². The summed E-state index contributed by atoms with van der Waals surface area (Å²) in [5.74, 6) is 0.217. The van der Waals surface area contributed by atoms with Crippen LogP contribution in [-0.4, -0.2) is 25.5 Å². The first-order valence-electron chi connectivity index (χ1n) is 7.70. The Labute approximate surface area is 142 Å². The van der Waals surface area contributed by atoms with E-state index in [0.717, 1.165) is 16.8 Å². The van der Waals surface area contributed by atoms with Gasteiger partial charge in [-0.1, -0.05) is 18.2 Å². The largest absolute Gasteiger partial charge is 0.497 e. The van der Waals surface area contributed by atoms with Crippen molar-refractivity contribution < 1.29 is 14.3 Å². The highest BCUT2D eigenvalue weighted by Crippen LogP contribution is 2.23. The van der Waals surface area contributed by atoms with Gasteiger partial charge in [-0.3, -0.25) is 9.59 Å². The van der Waals surface area contributed by atoms with E-state index >= 15 is 0 Å². The number of benzene rings is 2. The van der Waals surface area contributed by atoms with Crippen molar-refractivity contribution in [2.75, 3.05) is 23.9 Å². The molecule has 0 radical (unpaired) electrons. The Morgan fingerprint density at radius 1 is 1.12 bits per heavy atom. The summed E-state index contributed by atoms with van der Waals surface area (Å²) in [6, 6.07) is 12.8. The molecule has 1 N–H and O–H groups in total. The molecule has 2 aromatic carbocycles. The van der Waals surface area contributed by atoms with Gasteiger partial charge in [0.25, 0.3) is 0 Å². The average Bonchev–Trinajstić information content (AvgIpc) is 2.55. The molecule has 5 heteroatoms. The molecule has 24 heavy (non-hydrogen) atoms. The molecule has 126 valence electrons. The lowest BCUT2D eigenvalue weighted by atomic mass is 10.1. The fourth-order valence-electron chi connectivity index (χ4n) is 2.44. The molecule has 0 bridgehead atoms. The Hall–Kier alpha value is -2.82. The summed E-state index contributed by atoms with van der Waals surface area (Å²) >= 11 is 0. The van der Waals surface area contributed by atoms with Crippen molar-refractivity contribution in [2.45, 2.75) is 20.8 Å². The lowest BCUT2D eigenvalue weighted by molar-refractivity contribution is -0.120. The average molecular weight is 326 g/mol. The summed E-state index contributed by atoms with van der Waals surface area (Å²) in [5.41, 5.74) is 3.45. The van der Waals surface area contributed by atoms with Crippen LogP contribution in [0.1, 0.15) is 18.1 Å². The van der Waals surface area contributed by atoms with E-state index in [9.17, 15) is 9.59 Å². The molecule has 2 rings (SSSR count). The number of carbonyl (C=O) groups is 2. The molecule has 0 aliphatic carbocycles. The molecule has 0 saturated heterocycles.